The normalized spacial score (nSPS) is 10.4. The largest absolute Gasteiger partial charge is 0.484 e. The van der Waals surface area contributed by atoms with Crippen molar-refractivity contribution in [3.8, 4) is 5.75 Å². The molecule has 0 bridgehead atoms. The number of hydrogen-bond acceptors (Lipinski definition) is 5. The van der Waals surface area contributed by atoms with Crippen LogP contribution in [0, 0.1) is 5.82 Å². The van der Waals surface area contributed by atoms with Crippen molar-refractivity contribution in [3.05, 3.63) is 34.2 Å². The van der Waals surface area contributed by atoms with Crippen LogP contribution < -0.4 is 10.5 Å². The Labute approximate surface area is 104 Å². The Morgan fingerprint density at radius 1 is 1.50 bits per heavy atom. The van der Waals surface area contributed by atoms with Gasteiger partial charge in [0.25, 0.3) is 0 Å². The van der Waals surface area contributed by atoms with Crippen LogP contribution in [0.3, 0.4) is 0 Å². The highest BCUT2D eigenvalue weighted by molar-refractivity contribution is 9.10. The molecule has 2 rings (SSSR count). The zero-order valence-corrected chi connectivity index (χ0v) is 10.4. The number of rotatable bonds is 3. The van der Waals surface area contributed by atoms with Crippen molar-refractivity contribution in [1.82, 2.24) is 9.59 Å². The molecule has 0 atom stereocenters. The second kappa shape index (κ2) is 4.75. The van der Waals surface area contributed by atoms with Crippen molar-refractivity contribution in [2.75, 3.05) is 5.73 Å². The minimum Gasteiger partial charge on any atom is -0.484 e. The zero-order chi connectivity index (χ0) is 11.5. The second-order valence-corrected chi connectivity index (χ2v) is 4.65. The van der Waals surface area contributed by atoms with Crippen LogP contribution >= 0.6 is 27.5 Å². The first-order valence-corrected chi connectivity index (χ1v) is 5.88. The highest BCUT2D eigenvalue weighted by Crippen LogP contribution is 2.23. The van der Waals surface area contributed by atoms with Gasteiger partial charge in [-0.1, -0.05) is 20.4 Å². The molecule has 16 heavy (non-hydrogen) atoms. The van der Waals surface area contributed by atoms with Crippen LogP contribution in [0.2, 0.25) is 0 Å². The monoisotopic (exact) mass is 303 g/mol. The smallest absolute Gasteiger partial charge is 0.166 e. The first-order chi connectivity index (χ1) is 7.66. The van der Waals surface area contributed by atoms with Crippen molar-refractivity contribution in [1.29, 1.82) is 0 Å². The number of nitrogen functional groups attached to an aromatic ring is 1. The topological polar surface area (TPSA) is 61.0 Å². The molecule has 0 saturated carbocycles. The molecule has 0 amide bonds. The minimum absolute atomic E-state index is 0.112. The molecule has 0 fully saturated rings. The van der Waals surface area contributed by atoms with Crippen molar-refractivity contribution < 1.29 is 9.13 Å². The number of benzene rings is 1. The van der Waals surface area contributed by atoms with Gasteiger partial charge in [0.1, 0.15) is 17.3 Å². The maximum atomic E-state index is 13.4. The lowest BCUT2D eigenvalue weighted by atomic mass is 10.3. The van der Waals surface area contributed by atoms with Crippen LogP contribution in [0.25, 0.3) is 0 Å². The number of aromatic nitrogens is 2. The van der Waals surface area contributed by atoms with Crippen LogP contribution in [0.4, 0.5) is 9.39 Å². The Hall–Kier alpha value is -1.21. The van der Waals surface area contributed by atoms with Crippen molar-refractivity contribution in [2.45, 2.75) is 6.61 Å². The lowest BCUT2D eigenvalue weighted by molar-refractivity contribution is 0.286. The molecule has 0 unspecified atom stereocenters. The molecular formula is C9H7BrFN3OS. The maximum absolute atomic E-state index is 13.4. The van der Waals surface area contributed by atoms with Gasteiger partial charge in [-0.2, -0.15) is 0 Å². The summed E-state index contributed by atoms with van der Waals surface area (Å²) < 4.78 is 22.9. The molecule has 0 spiro atoms. The van der Waals surface area contributed by atoms with Crippen LogP contribution in [-0.4, -0.2) is 9.59 Å². The summed E-state index contributed by atoms with van der Waals surface area (Å²) in [4.78, 5) is 0. The second-order valence-electron chi connectivity index (χ2n) is 2.95. The Morgan fingerprint density at radius 3 is 2.94 bits per heavy atom. The number of hydrogen-bond donors (Lipinski definition) is 1. The average Bonchev–Trinajstić information content (AvgIpc) is 2.63. The highest BCUT2D eigenvalue weighted by Gasteiger charge is 2.08. The first-order valence-electron chi connectivity index (χ1n) is 4.31. The molecule has 0 aliphatic carbocycles. The number of anilines is 1. The Morgan fingerprint density at radius 2 is 2.31 bits per heavy atom. The predicted octanol–water partition coefficient (Wildman–Crippen LogP) is 2.60. The molecule has 2 aromatic rings. The summed E-state index contributed by atoms with van der Waals surface area (Å²) in [6, 6.07) is 4.56. The molecule has 0 aliphatic rings. The molecular weight excluding hydrogens is 297 g/mol. The zero-order valence-electron chi connectivity index (χ0n) is 7.98. The number of nitrogens with two attached hydrogens (primary N) is 1. The molecule has 0 saturated heterocycles. The SMILES string of the molecule is Nc1snnc1COc1ccc(Br)cc1F. The standard InChI is InChI=1S/C9H7BrFN3OS/c10-5-1-2-8(6(11)3-5)15-4-7-9(12)16-14-13-7/h1-3H,4,12H2. The van der Waals surface area contributed by atoms with E-state index >= 15 is 0 Å². The number of ether oxygens (including phenoxy) is 1. The van der Waals surface area contributed by atoms with Gasteiger partial charge in [-0.3, -0.25) is 0 Å². The van der Waals surface area contributed by atoms with Gasteiger partial charge in [0.05, 0.1) is 0 Å². The van der Waals surface area contributed by atoms with E-state index in [2.05, 4.69) is 25.5 Å². The quantitative estimate of drug-likeness (QED) is 0.947. The molecule has 7 heteroatoms. The van der Waals surface area contributed by atoms with E-state index in [9.17, 15) is 4.39 Å². The van der Waals surface area contributed by atoms with Crippen LogP contribution in [0.1, 0.15) is 5.69 Å². The van der Waals surface area contributed by atoms with Gasteiger partial charge in [-0.15, -0.1) is 5.10 Å². The predicted molar refractivity (Wildman–Crippen MR) is 62.8 cm³/mol. The summed E-state index contributed by atoms with van der Waals surface area (Å²) in [5.74, 6) is -0.272. The molecule has 1 aromatic carbocycles. The van der Waals surface area contributed by atoms with E-state index in [0.717, 1.165) is 11.5 Å². The van der Waals surface area contributed by atoms with E-state index in [1.54, 1.807) is 6.07 Å². The van der Waals surface area contributed by atoms with E-state index in [0.29, 0.717) is 15.2 Å². The summed E-state index contributed by atoms with van der Waals surface area (Å²) in [6.07, 6.45) is 0. The number of halogens is 2. The molecule has 2 N–H and O–H groups in total. The van der Waals surface area contributed by atoms with Gasteiger partial charge in [0.2, 0.25) is 0 Å². The van der Waals surface area contributed by atoms with Gasteiger partial charge in [0.15, 0.2) is 11.6 Å². The van der Waals surface area contributed by atoms with Crippen molar-refractivity contribution in [2.24, 2.45) is 0 Å². The molecule has 0 radical (unpaired) electrons. The van der Waals surface area contributed by atoms with Gasteiger partial charge < -0.3 is 10.5 Å². The lowest BCUT2D eigenvalue weighted by Crippen LogP contribution is -2.00. The summed E-state index contributed by atoms with van der Waals surface area (Å²) >= 11 is 4.24. The third-order valence-electron chi connectivity index (χ3n) is 1.84. The summed E-state index contributed by atoms with van der Waals surface area (Å²) in [5, 5.41) is 4.25. The number of nitrogens with zero attached hydrogens (tertiary/aromatic N) is 2. The molecule has 84 valence electrons. The van der Waals surface area contributed by atoms with E-state index in [-0.39, 0.29) is 12.4 Å². The lowest BCUT2D eigenvalue weighted by Gasteiger charge is -2.05. The molecule has 0 aliphatic heterocycles. The minimum atomic E-state index is -0.434. The van der Waals surface area contributed by atoms with Gasteiger partial charge in [0, 0.05) is 16.0 Å². The van der Waals surface area contributed by atoms with Crippen molar-refractivity contribution in [3.63, 3.8) is 0 Å². The van der Waals surface area contributed by atoms with Crippen molar-refractivity contribution >= 4 is 32.5 Å². The van der Waals surface area contributed by atoms with Gasteiger partial charge in [-0.25, -0.2) is 4.39 Å². The third-order valence-corrected chi connectivity index (χ3v) is 2.93. The third kappa shape index (κ3) is 2.48. The van der Waals surface area contributed by atoms with Crippen LogP contribution in [0.5, 0.6) is 5.75 Å². The Bertz CT molecular complexity index is 505. The van der Waals surface area contributed by atoms with E-state index in [1.165, 1.54) is 12.1 Å². The van der Waals surface area contributed by atoms with Crippen LogP contribution in [-0.2, 0) is 6.61 Å². The average molecular weight is 304 g/mol. The molecule has 4 nitrogen and oxygen atoms in total. The Balaban J connectivity index is 2.08. The summed E-state index contributed by atoms with van der Waals surface area (Å²) in [7, 11) is 0. The highest BCUT2D eigenvalue weighted by atomic mass is 79.9. The fourth-order valence-electron chi connectivity index (χ4n) is 1.05. The molecule has 1 aromatic heterocycles. The van der Waals surface area contributed by atoms with Gasteiger partial charge >= 0.3 is 0 Å². The molecule has 1 heterocycles. The Kier molecular flexibility index (Phi) is 3.35. The van der Waals surface area contributed by atoms with Crippen LogP contribution in [0.15, 0.2) is 22.7 Å². The van der Waals surface area contributed by atoms with E-state index in [1.807, 2.05) is 0 Å². The van der Waals surface area contributed by atoms with Gasteiger partial charge in [-0.05, 0) is 18.2 Å². The fourth-order valence-corrected chi connectivity index (χ4v) is 1.82. The first kappa shape index (κ1) is 11.3. The van der Waals surface area contributed by atoms with E-state index < -0.39 is 5.82 Å². The maximum Gasteiger partial charge on any atom is 0.166 e. The summed E-state index contributed by atoms with van der Waals surface area (Å²) in [5.41, 5.74) is 6.10. The fraction of sp³-hybridized carbons (Fsp3) is 0.111. The summed E-state index contributed by atoms with van der Waals surface area (Å²) in [6.45, 7) is 0.112. The van der Waals surface area contributed by atoms with E-state index in [4.69, 9.17) is 10.5 Å².